The number of aliphatic hydroxyl groups is 1. The Morgan fingerprint density at radius 1 is 1.32 bits per heavy atom. The molecule has 0 saturated heterocycles. The van der Waals surface area contributed by atoms with Crippen molar-refractivity contribution in [2.45, 2.75) is 26.2 Å². The average molecular weight is 263 g/mol. The fourth-order valence-corrected chi connectivity index (χ4v) is 1.66. The van der Waals surface area contributed by atoms with E-state index in [4.69, 9.17) is 14.0 Å². The molecule has 0 fully saturated rings. The molecule has 1 heterocycles. The summed E-state index contributed by atoms with van der Waals surface area (Å²) in [5, 5.41) is 13.4. The standard InChI is InChI=1S/C14H17NO4/c1-10(16)11-4-3-5-13(6-11)18-8-12-7-14(9-17-2)19-15-12/h3-7,10,16H,8-9H2,1-2H3. The number of hydrogen-bond acceptors (Lipinski definition) is 5. The first-order chi connectivity index (χ1) is 9.19. The first-order valence-electron chi connectivity index (χ1n) is 6.03. The number of ether oxygens (including phenoxy) is 2. The summed E-state index contributed by atoms with van der Waals surface area (Å²) < 4.78 is 15.6. The van der Waals surface area contributed by atoms with Crippen LogP contribution in [-0.2, 0) is 18.0 Å². The van der Waals surface area contributed by atoms with Gasteiger partial charge in [-0.1, -0.05) is 17.3 Å². The van der Waals surface area contributed by atoms with E-state index < -0.39 is 6.10 Å². The van der Waals surface area contributed by atoms with Crippen molar-refractivity contribution >= 4 is 0 Å². The normalized spacial score (nSPS) is 12.4. The molecule has 1 atom stereocenters. The maximum atomic E-state index is 9.50. The largest absolute Gasteiger partial charge is 0.487 e. The predicted octanol–water partition coefficient (Wildman–Crippen LogP) is 2.45. The predicted molar refractivity (Wildman–Crippen MR) is 68.6 cm³/mol. The first kappa shape index (κ1) is 13.6. The van der Waals surface area contributed by atoms with Crippen molar-refractivity contribution in [1.82, 2.24) is 5.16 Å². The molecule has 0 aliphatic heterocycles. The van der Waals surface area contributed by atoms with Crippen LogP contribution in [0.1, 0.15) is 30.0 Å². The maximum Gasteiger partial charge on any atom is 0.162 e. The van der Waals surface area contributed by atoms with E-state index in [-0.39, 0.29) is 0 Å². The van der Waals surface area contributed by atoms with Gasteiger partial charge >= 0.3 is 0 Å². The average Bonchev–Trinajstić information content (AvgIpc) is 2.85. The monoisotopic (exact) mass is 263 g/mol. The van der Waals surface area contributed by atoms with Crippen molar-refractivity contribution in [1.29, 1.82) is 0 Å². The Hall–Kier alpha value is -1.85. The second-order valence-electron chi connectivity index (χ2n) is 4.25. The molecule has 1 aromatic carbocycles. The van der Waals surface area contributed by atoms with Gasteiger partial charge in [-0.25, -0.2) is 0 Å². The SMILES string of the molecule is COCc1cc(COc2cccc(C(C)O)c2)no1. The lowest BCUT2D eigenvalue weighted by atomic mass is 10.1. The highest BCUT2D eigenvalue weighted by Gasteiger charge is 2.06. The fourth-order valence-electron chi connectivity index (χ4n) is 1.66. The molecule has 5 heteroatoms. The van der Waals surface area contributed by atoms with E-state index in [1.807, 2.05) is 18.2 Å². The summed E-state index contributed by atoms with van der Waals surface area (Å²) in [7, 11) is 1.60. The number of rotatable bonds is 6. The summed E-state index contributed by atoms with van der Waals surface area (Å²) in [4.78, 5) is 0. The Morgan fingerprint density at radius 2 is 2.16 bits per heavy atom. The van der Waals surface area contributed by atoms with Crippen LogP contribution in [0.3, 0.4) is 0 Å². The summed E-state index contributed by atoms with van der Waals surface area (Å²) in [5.41, 5.74) is 1.52. The zero-order chi connectivity index (χ0) is 13.7. The van der Waals surface area contributed by atoms with Crippen LogP contribution in [0, 0.1) is 0 Å². The molecular weight excluding hydrogens is 246 g/mol. The molecule has 0 aliphatic rings. The number of hydrogen-bond donors (Lipinski definition) is 1. The van der Waals surface area contributed by atoms with Crippen molar-refractivity contribution in [3.63, 3.8) is 0 Å². The van der Waals surface area contributed by atoms with Crippen LogP contribution >= 0.6 is 0 Å². The van der Waals surface area contributed by atoms with Gasteiger partial charge in [0.25, 0.3) is 0 Å². The van der Waals surface area contributed by atoms with E-state index in [9.17, 15) is 5.11 Å². The molecule has 2 rings (SSSR count). The Balaban J connectivity index is 1.95. The molecular formula is C14H17NO4. The molecule has 0 saturated carbocycles. The number of aliphatic hydroxyl groups excluding tert-OH is 1. The van der Waals surface area contributed by atoms with Gasteiger partial charge in [-0.2, -0.15) is 0 Å². The highest BCUT2D eigenvalue weighted by molar-refractivity contribution is 5.29. The molecule has 0 bridgehead atoms. The van der Waals surface area contributed by atoms with E-state index in [0.29, 0.717) is 30.4 Å². The zero-order valence-corrected chi connectivity index (χ0v) is 11.0. The van der Waals surface area contributed by atoms with Gasteiger partial charge in [-0.15, -0.1) is 0 Å². The van der Waals surface area contributed by atoms with Crippen LogP contribution in [0.25, 0.3) is 0 Å². The lowest BCUT2D eigenvalue weighted by Gasteiger charge is -2.08. The van der Waals surface area contributed by atoms with Gasteiger partial charge in [-0.05, 0) is 24.6 Å². The highest BCUT2D eigenvalue weighted by Crippen LogP contribution is 2.19. The summed E-state index contributed by atoms with van der Waals surface area (Å²) in [5.74, 6) is 1.36. The minimum atomic E-state index is -0.510. The Morgan fingerprint density at radius 3 is 2.89 bits per heavy atom. The fraction of sp³-hybridized carbons (Fsp3) is 0.357. The Bertz CT molecular complexity index is 522. The molecule has 102 valence electrons. The van der Waals surface area contributed by atoms with Crippen LogP contribution < -0.4 is 4.74 Å². The molecule has 1 unspecified atom stereocenters. The number of benzene rings is 1. The maximum absolute atomic E-state index is 9.50. The van der Waals surface area contributed by atoms with Crippen molar-refractivity contribution in [2.24, 2.45) is 0 Å². The smallest absolute Gasteiger partial charge is 0.162 e. The molecule has 0 spiro atoms. The third kappa shape index (κ3) is 3.81. The van der Waals surface area contributed by atoms with E-state index in [1.54, 1.807) is 26.2 Å². The van der Waals surface area contributed by atoms with Crippen molar-refractivity contribution in [2.75, 3.05) is 7.11 Å². The van der Waals surface area contributed by atoms with Gasteiger partial charge in [-0.3, -0.25) is 0 Å². The minimum Gasteiger partial charge on any atom is -0.487 e. The first-order valence-corrected chi connectivity index (χ1v) is 6.03. The molecule has 19 heavy (non-hydrogen) atoms. The minimum absolute atomic E-state index is 0.316. The van der Waals surface area contributed by atoms with E-state index in [1.165, 1.54) is 0 Å². The van der Waals surface area contributed by atoms with Crippen molar-refractivity contribution < 1.29 is 19.1 Å². The van der Waals surface area contributed by atoms with Crippen LogP contribution in [0.15, 0.2) is 34.9 Å². The van der Waals surface area contributed by atoms with Gasteiger partial charge in [0.1, 0.15) is 24.7 Å². The number of nitrogens with zero attached hydrogens (tertiary/aromatic N) is 1. The molecule has 1 aromatic heterocycles. The molecule has 1 N–H and O–H groups in total. The summed E-state index contributed by atoms with van der Waals surface area (Å²) in [6.07, 6.45) is -0.510. The number of methoxy groups -OCH3 is 1. The number of aromatic nitrogens is 1. The summed E-state index contributed by atoms with van der Waals surface area (Å²) >= 11 is 0. The molecule has 0 radical (unpaired) electrons. The lowest BCUT2D eigenvalue weighted by molar-refractivity contribution is 0.155. The van der Waals surface area contributed by atoms with Crippen LogP contribution in [0.4, 0.5) is 0 Å². The van der Waals surface area contributed by atoms with Gasteiger partial charge in [0.2, 0.25) is 0 Å². The van der Waals surface area contributed by atoms with Gasteiger partial charge in [0.15, 0.2) is 5.76 Å². The quantitative estimate of drug-likeness (QED) is 0.867. The van der Waals surface area contributed by atoms with Gasteiger partial charge in [0.05, 0.1) is 6.10 Å². The molecule has 5 nitrogen and oxygen atoms in total. The summed E-state index contributed by atoms with van der Waals surface area (Å²) in [6.45, 7) is 2.43. The second kappa shape index (κ2) is 6.36. The molecule has 2 aromatic rings. The van der Waals surface area contributed by atoms with Crippen LogP contribution in [0.2, 0.25) is 0 Å². The van der Waals surface area contributed by atoms with E-state index >= 15 is 0 Å². The van der Waals surface area contributed by atoms with E-state index in [2.05, 4.69) is 5.16 Å². The summed E-state index contributed by atoms with van der Waals surface area (Å²) in [6, 6.07) is 9.13. The highest BCUT2D eigenvalue weighted by atomic mass is 16.5. The van der Waals surface area contributed by atoms with Crippen molar-refractivity contribution in [3.05, 3.63) is 47.3 Å². The molecule has 0 aliphatic carbocycles. The van der Waals surface area contributed by atoms with Crippen molar-refractivity contribution in [3.8, 4) is 5.75 Å². The molecule has 0 amide bonds. The topological polar surface area (TPSA) is 64.7 Å². The third-order valence-electron chi connectivity index (χ3n) is 2.62. The van der Waals surface area contributed by atoms with E-state index in [0.717, 1.165) is 5.56 Å². The van der Waals surface area contributed by atoms with Crippen LogP contribution in [-0.4, -0.2) is 17.4 Å². The Labute approximate surface area is 111 Å². The lowest BCUT2D eigenvalue weighted by Crippen LogP contribution is -1.97. The second-order valence-corrected chi connectivity index (χ2v) is 4.25. The zero-order valence-electron chi connectivity index (χ0n) is 11.0. The van der Waals surface area contributed by atoms with Gasteiger partial charge in [0, 0.05) is 13.2 Å². The van der Waals surface area contributed by atoms with Crippen LogP contribution in [0.5, 0.6) is 5.75 Å². The Kier molecular flexibility index (Phi) is 4.54. The third-order valence-corrected chi connectivity index (χ3v) is 2.62. The van der Waals surface area contributed by atoms with Gasteiger partial charge < -0.3 is 19.1 Å².